The van der Waals surface area contributed by atoms with Gasteiger partial charge in [0.2, 0.25) is 5.79 Å². The zero-order chi connectivity index (χ0) is 9.35. The number of hydrogen-bond acceptors (Lipinski definition) is 6. The standard InChI is InChI=1S/C6H12O6/c7-2-6(11)5(10)4(9)3(8)1-12-6/h3-5,7-11H,1-2H2/t3-,4?,5?,6-/m1/s1. The van der Waals surface area contributed by atoms with Gasteiger partial charge >= 0.3 is 0 Å². The summed E-state index contributed by atoms with van der Waals surface area (Å²) in [5.74, 6) is -2.17. The zero-order valence-corrected chi connectivity index (χ0v) is 6.29. The number of aliphatic hydroxyl groups is 5. The van der Waals surface area contributed by atoms with Crippen LogP contribution in [0.5, 0.6) is 0 Å². The largest absolute Gasteiger partial charge is 0.391 e. The summed E-state index contributed by atoms with van der Waals surface area (Å²) in [6, 6.07) is 0. The van der Waals surface area contributed by atoms with Crippen LogP contribution in [0.3, 0.4) is 0 Å². The van der Waals surface area contributed by atoms with Crippen molar-refractivity contribution in [2.45, 2.75) is 24.1 Å². The van der Waals surface area contributed by atoms with Gasteiger partial charge < -0.3 is 30.3 Å². The van der Waals surface area contributed by atoms with E-state index in [0.29, 0.717) is 0 Å². The first kappa shape index (κ1) is 9.85. The summed E-state index contributed by atoms with van der Waals surface area (Å²) in [6.07, 6.45) is -4.45. The van der Waals surface area contributed by atoms with E-state index in [1.807, 2.05) is 0 Å². The van der Waals surface area contributed by atoms with Crippen LogP contribution in [0.25, 0.3) is 0 Å². The Balaban J connectivity index is 2.71. The second-order valence-corrected chi connectivity index (χ2v) is 2.82. The van der Waals surface area contributed by atoms with Crippen LogP contribution < -0.4 is 0 Å². The van der Waals surface area contributed by atoms with Gasteiger partial charge in [-0.25, -0.2) is 0 Å². The molecule has 0 spiro atoms. The third-order valence-corrected chi connectivity index (χ3v) is 1.91. The predicted molar refractivity (Wildman–Crippen MR) is 36.0 cm³/mol. The van der Waals surface area contributed by atoms with Crippen LogP contribution in [-0.4, -0.2) is 62.8 Å². The maximum Gasteiger partial charge on any atom is 0.218 e. The molecule has 1 aliphatic heterocycles. The second-order valence-electron chi connectivity index (χ2n) is 2.82. The summed E-state index contributed by atoms with van der Waals surface area (Å²) in [5, 5.41) is 45.0. The molecular weight excluding hydrogens is 168 g/mol. The molecule has 1 fully saturated rings. The Hall–Kier alpha value is -0.240. The van der Waals surface area contributed by atoms with E-state index in [2.05, 4.69) is 4.74 Å². The van der Waals surface area contributed by atoms with E-state index in [1.54, 1.807) is 0 Å². The smallest absolute Gasteiger partial charge is 0.218 e. The van der Waals surface area contributed by atoms with E-state index in [4.69, 9.17) is 20.4 Å². The van der Waals surface area contributed by atoms with E-state index in [-0.39, 0.29) is 6.61 Å². The minimum absolute atomic E-state index is 0.324. The Kier molecular flexibility index (Phi) is 2.67. The van der Waals surface area contributed by atoms with Crippen LogP contribution in [0.1, 0.15) is 0 Å². The quantitative estimate of drug-likeness (QED) is 0.290. The van der Waals surface area contributed by atoms with Crippen molar-refractivity contribution in [3.63, 3.8) is 0 Å². The highest BCUT2D eigenvalue weighted by molar-refractivity contribution is 4.90. The molecule has 0 bridgehead atoms. The fourth-order valence-corrected chi connectivity index (χ4v) is 1.03. The highest BCUT2D eigenvalue weighted by atomic mass is 16.7. The first-order chi connectivity index (χ1) is 5.51. The van der Waals surface area contributed by atoms with Crippen molar-refractivity contribution in [1.82, 2.24) is 0 Å². The second kappa shape index (κ2) is 3.25. The van der Waals surface area contributed by atoms with Crippen molar-refractivity contribution >= 4 is 0 Å². The maximum atomic E-state index is 9.24. The first-order valence-electron chi connectivity index (χ1n) is 3.52. The minimum Gasteiger partial charge on any atom is -0.391 e. The van der Waals surface area contributed by atoms with Crippen molar-refractivity contribution < 1.29 is 30.3 Å². The molecule has 0 amide bonds. The maximum absolute atomic E-state index is 9.24. The molecular formula is C6H12O6. The third-order valence-electron chi connectivity index (χ3n) is 1.91. The molecule has 1 heterocycles. The van der Waals surface area contributed by atoms with E-state index >= 15 is 0 Å². The van der Waals surface area contributed by atoms with Gasteiger partial charge in [0.15, 0.2) is 0 Å². The molecule has 0 aromatic rings. The summed E-state index contributed by atoms with van der Waals surface area (Å²) in [5.41, 5.74) is 0. The molecule has 0 aromatic heterocycles. The average Bonchev–Trinajstić information content (AvgIpc) is 2.09. The van der Waals surface area contributed by atoms with E-state index in [1.165, 1.54) is 0 Å². The summed E-state index contributed by atoms with van der Waals surface area (Å²) < 4.78 is 4.56. The zero-order valence-electron chi connectivity index (χ0n) is 6.29. The Morgan fingerprint density at radius 2 is 1.92 bits per heavy atom. The Labute approximate surface area is 68.6 Å². The molecule has 1 rings (SSSR count). The number of rotatable bonds is 1. The van der Waals surface area contributed by atoms with Gasteiger partial charge in [0, 0.05) is 0 Å². The van der Waals surface area contributed by atoms with E-state index in [0.717, 1.165) is 0 Å². The normalized spacial score (nSPS) is 49.2. The van der Waals surface area contributed by atoms with Gasteiger partial charge in [0.1, 0.15) is 18.3 Å². The molecule has 12 heavy (non-hydrogen) atoms. The van der Waals surface area contributed by atoms with E-state index in [9.17, 15) is 5.11 Å². The first-order valence-corrected chi connectivity index (χ1v) is 3.52. The highest BCUT2D eigenvalue weighted by Gasteiger charge is 2.47. The Morgan fingerprint density at radius 1 is 1.33 bits per heavy atom. The molecule has 0 aliphatic carbocycles. The van der Waals surface area contributed by atoms with Crippen molar-refractivity contribution in [3.05, 3.63) is 0 Å². The van der Waals surface area contributed by atoms with Crippen molar-refractivity contribution in [2.24, 2.45) is 0 Å². The van der Waals surface area contributed by atoms with Crippen LogP contribution in [0.4, 0.5) is 0 Å². The number of aliphatic hydroxyl groups excluding tert-OH is 4. The summed E-state index contributed by atoms with van der Waals surface area (Å²) >= 11 is 0. The molecule has 5 N–H and O–H groups in total. The van der Waals surface area contributed by atoms with Crippen molar-refractivity contribution in [2.75, 3.05) is 13.2 Å². The van der Waals surface area contributed by atoms with Crippen LogP contribution in [0.15, 0.2) is 0 Å². The molecule has 6 nitrogen and oxygen atoms in total. The lowest BCUT2D eigenvalue weighted by Crippen LogP contribution is -2.62. The van der Waals surface area contributed by atoms with Gasteiger partial charge in [-0.1, -0.05) is 0 Å². The summed E-state index contributed by atoms with van der Waals surface area (Å²) in [7, 11) is 0. The number of ether oxygens (including phenoxy) is 1. The van der Waals surface area contributed by atoms with Crippen LogP contribution in [0.2, 0.25) is 0 Å². The summed E-state index contributed by atoms with van der Waals surface area (Å²) in [6.45, 7) is -1.16. The molecule has 0 saturated carbocycles. The number of hydrogen-bond donors (Lipinski definition) is 5. The Morgan fingerprint density at radius 3 is 2.42 bits per heavy atom. The lowest BCUT2D eigenvalue weighted by molar-refractivity contribution is -0.331. The fraction of sp³-hybridized carbons (Fsp3) is 1.00. The van der Waals surface area contributed by atoms with Crippen molar-refractivity contribution in [1.29, 1.82) is 0 Å². The molecule has 0 aromatic carbocycles. The SMILES string of the molecule is OC[C@@]1(O)OC[C@@H](O)C(O)C1O. The monoisotopic (exact) mass is 180 g/mol. The van der Waals surface area contributed by atoms with Gasteiger partial charge in [0.05, 0.1) is 13.2 Å². The lowest BCUT2D eigenvalue weighted by atomic mass is 9.98. The fourth-order valence-electron chi connectivity index (χ4n) is 1.03. The minimum atomic E-state index is -2.17. The van der Waals surface area contributed by atoms with E-state index < -0.39 is 30.7 Å². The predicted octanol–water partition coefficient (Wildman–Crippen LogP) is -3.22. The third kappa shape index (κ3) is 1.45. The Bertz CT molecular complexity index is 162. The average molecular weight is 180 g/mol. The van der Waals surface area contributed by atoms with Gasteiger partial charge in [-0.3, -0.25) is 0 Å². The molecule has 1 saturated heterocycles. The van der Waals surface area contributed by atoms with Crippen LogP contribution in [-0.2, 0) is 4.74 Å². The van der Waals surface area contributed by atoms with Crippen molar-refractivity contribution in [3.8, 4) is 0 Å². The van der Waals surface area contributed by atoms with Crippen LogP contribution >= 0.6 is 0 Å². The highest BCUT2D eigenvalue weighted by Crippen LogP contribution is 2.22. The molecule has 4 atom stereocenters. The molecule has 72 valence electrons. The molecule has 6 heteroatoms. The topological polar surface area (TPSA) is 110 Å². The van der Waals surface area contributed by atoms with Gasteiger partial charge in [-0.15, -0.1) is 0 Å². The molecule has 0 radical (unpaired) electrons. The van der Waals surface area contributed by atoms with Gasteiger partial charge in [0.25, 0.3) is 0 Å². The van der Waals surface area contributed by atoms with Crippen LogP contribution in [0, 0.1) is 0 Å². The van der Waals surface area contributed by atoms with Gasteiger partial charge in [-0.05, 0) is 0 Å². The summed E-state index contributed by atoms with van der Waals surface area (Å²) in [4.78, 5) is 0. The molecule has 1 aliphatic rings. The lowest BCUT2D eigenvalue weighted by Gasteiger charge is -2.40. The van der Waals surface area contributed by atoms with Gasteiger partial charge in [-0.2, -0.15) is 0 Å². The molecule has 2 unspecified atom stereocenters.